The molecule has 2 aromatic carbocycles. The molecule has 1 N–H and O–H groups in total. The highest BCUT2D eigenvalue weighted by Gasteiger charge is 2.13. The summed E-state index contributed by atoms with van der Waals surface area (Å²) in [6, 6.07) is 15.1. The fraction of sp³-hybridized carbons (Fsp3) is 0.440. The number of ether oxygens (including phenoxy) is 1. The zero-order valence-electron chi connectivity index (χ0n) is 18.3. The summed E-state index contributed by atoms with van der Waals surface area (Å²) in [7, 11) is 0. The van der Waals surface area contributed by atoms with Gasteiger partial charge in [-0.15, -0.1) is 0 Å². The minimum absolute atomic E-state index is 0.264. The van der Waals surface area contributed by atoms with Crippen molar-refractivity contribution in [2.24, 2.45) is 0 Å². The minimum atomic E-state index is -0.930. The quantitative estimate of drug-likeness (QED) is 0.312. The van der Waals surface area contributed by atoms with Gasteiger partial charge in [0.2, 0.25) is 0 Å². The number of hydrogen-bond donors (Lipinski definition) is 1. The van der Waals surface area contributed by atoms with Gasteiger partial charge in [-0.1, -0.05) is 44.7 Å². The summed E-state index contributed by atoms with van der Waals surface area (Å²) < 4.78 is 11.8. The molecule has 1 heterocycles. The summed E-state index contributed by atoms with van der Waals surface area (Å²) in [5.74, 6) is -0.239. The molecule has 1 aromatic heterocycles. The van der Waals surface area contributed by atoms with E-state index in [1.54, 1.807) is 24.3 Å². The Morgan fingerprint density at radius 1 is 0.968 bits per heavy atom. The van der Waals surface area contributed by atoms with Crippen LogP contribution in [0, 0.1) is 0 Å². The summed E-state index contributed by atoms with van der Waals surface area (Å²) in [5.41, 5.74) is 1.98. The monoisotopic (exact) mass is 424 g/mol. The van der Waals surface area contributed by atoms with Crippen molar-refractivity contribution >= 4 is 23.1 Å². The van der Waals surface area contributed by atoms with Gasteiger partial charge >= 0.3 is 5.97 Å². The van der Waals surface area contributed by atoms with Crippen LogP contribution in [0.15, 0.2) is 52.9 Å². The average Bonchev–Trinajstić information content (AvgIpc) is 3.21. The maximum Gasteiger partial charge on any atom is 0.335 e. The largest absolute Gasteiger partial charge is 0.494 e. The van der Waals surface area contributed by atoms with Crippen LogP contribution in [0.4, 0.5) is 6.01 Å². The Morgan fingerprint density at radius 2 is 1.68 bits per heavy atom. The number of aromatic nitrogens is 1. The van der Waals surface area contributed by atoms with Crippen LogP contribution in [-0.2, 0) is 0 Å². The molecule has 0 atom stereocenters. The highest BCUT2D eigenvalue weighted by molar-refractivity contribution is 5.87. The lowest BCUT2D eigenvalue weighted by molar-refractivity contribution is 0.0697. The Bertz CT molecular complexity index is 903. The van der Waals surface area contributed by atoms with Gasteiger partial charge in [0.25, 0.3) is 6.01 Å². The van der Waals surface area contributed by atoms with Crippen LogP contribution in [0.1, 0.15) is 62.2 Å². The summed E-state index contributed by atoms with van der Waals surface area (Å²) >= 11 is 0. The Morgan fingerprint density at radius 3 is 2.39 bits per heavy atom. The molecule has 31 heavy (non-hydrogen) atoms. The molecule has 0 radical (unpaired) electrons. The molecular weight excluding hydrogens is 392 g/mol. The first kappa shape index (κ1) is 22.7. The molecule has 0 aliphatic carbocycles. The smallest absolute Gasteiger partial charge is 0.335 e. The molecule has 166 valence electrons. The van der Waals surface area contributed by atoms with Gasteiger partial charge < -0.3 is 19.2 Å². The van der Waals surface area contributed by atoms with Gasteiger partial charge in [0.1, 0.15) is 11.3 Å². The van der Waals surface area contributed by atoms with Crippen molar-refractivity contribution < 1.29 is 19.1 Å². The second kappa shape index (κ2) is 12.0. The molecule has 0 aliphatic heterocycles. The van der Waals surface area contributed by atoms with Crippen molar-refractivity contribution in [3.05, 3.63) is 54.1 Å². The number of benzene rings is 2. The predicted molar refractivity (Wildman–Crippen MR) is 123 cm³/mol. The lowest BCUT2D eigenvalue weighted by Gasteiger charge is -2.20. The average molecular weight is 425 g/mol. The molecular formula is C25H32N2O4. The number of carboxylic acids is 1. The van der Waals surface area contributed by atoms with Crippen LogP contribution in [-0.4, -0.2) is 35.8 Å². The van der Waals surface area contributed by atoms with Crippen LogP contribution in [0.2, 0.25) is 0 Å². The fourth-order valence-electron chi connectivity index (χ4n) is 3.49. The van der Waals surface area contributed by atoms with E-state index in [-0.39, 0.29) is 5.56 Å². The van der Waals surface area contributed by atoms with Gasteiger partial charge in [-0.25, -0.2) is 4.79 Å². The molecule has 6 heteroatoms. The van der Waals surface area contributed by atoms with Crippen molar-refractivity contribution in [3.63, 3.8) is 0 Å². The molecule has 3 rings (SSSR count). The summed E-state index contributed by atoms with van der Waals surface area (Å²) in [4.78, 5) is 17.8. The number of anilines is 1. The van der Waals surface area contributed by atoms with Gasteiger partial charge in [-0.3, -0.25) is 0 Å². The fourth-order valence-corrected chi connectivity index (χ4v) is 3.49. The summed E-state index contributed by atoms with van der Waals surface area (Å²) in [6.45, 7) is 4.62. The first-order valence-corrected chi connectivity index (χ1v) is 11.2. The maximum absolute atomic E-state index is 10.9. The molecule has 0 unspecified atom stereocenters. The van der Waals surface area contributed by atoms with Gasteiger partial charge in [0, 0.05) is 13.1 Å². The normalized spacial score (nSPS) is 11.0. The van der Waals surface area contributed by atoms with Crippen LogP contribution in [0.3, 0.4) is 0 Å². The second-order valence-electron chi connectivity index (χ2n) is 7.75. The summed E-state index contributed by atoms with van der Waals surface area (Å²) in [6.07, 6.45) is 8.01. The van der Waals surface area contributed by atoms with Crippen LogP contribution in [0.5, 0.6) is 5.75 Å². The summed E-state index contributed by atoms with van der Waals surface area (Å²) in [5, 5.41) is 8.96. The third-order valence-corrected chi connectivity index (χ3v) is 5.28. The van der Waals surface area contributed by atoms with E-state index in [9.17, 15) is 4.79 Å². The maximum atomic E-state index is 10.9. The molecule has 0 spiro atoms. The van der Waals surface area contributed by atoms with Crippen molar-refractivity contribution in [1.29, 1.82) is 0 Å². The van der Waals surface area contributed by atoms with Crippen LogP contribution in [0.25, 0.3) is 11.1 Å². The zero-order valence-corrected chi connectivity index (χ0v) is 18.3. The number of carboxylic acid groups (broad SMARTS) is 1. The first-order valence-electron chi connectivity index (χ1n) is 11.2. The predicted octanol–water partition coefficient (Wildman–Crippen LogP) is 6.16. The lowest BCUT2D eigenvalue weighted by Crippen LogP contribution is -2.26. The Labute approximate surface area is 183 Å². The van der Waals surface area contributed by atoms with E-state index in [0.29, 0.717) is 18.4 Å². The number of hydrogen-bond acceptors (Lipinski definition) is 5. The Hall–Kier alpha value is -3.02. The number of nitrogens with zero attached hydrogens (tertiary/aromatic N) is 2. The second-order valence-corrected chi connectivity index (χ2v) is 7.75. The molecule has 0 saturated carbocycles. The standard InChI is InChI=1S/C25H32N2O4/c1-2-3-4-5-8-17-27(25-26-22-11-6-7-12-23(22)31-25)18-9-10-19-30-21-15-13-20(14-16-21)24(28)29/h6-7,11-16H,2-5,8-10,17-19H2,1H3,(H,28,29). The molecule has 6 nitrogen and oxygen atoms in total. The topological polar surface area (TPSA) is 75.8 Å². The van der Waals surface area contributed by atoms with E-state index < -0.39 is 5.97 Å². The Balaban J connectivity index is 1.48. The highest BCUT2D eigenvalue weighted by Crippen LogP contribution is 2.22. The van der Waals surface area contributed by atoms with E-state index in [2.05, 4.69) is 16.8 Å². The van der Waals surface area contributed by atoms with Crippen molar-refractivity contribution in [2.45, 2.75) is 51.9 Å². The Kier molecular flexibility index (Phi) is 8.76. The van der Waals surface area contributed by atoms with Crippen molar-refractivity contribution in [3.8, 4) is 5.75 Å². The number of para-hydroxylation sites is 2. The van der Waals surface area contributed by atoms with Crippen LogP contribution < -0.4 is 9.64 Å². The zero-order chi connectivity index (χ0) is 21.9. The number of oxazole rings is 1. The minimum Gasteiger partial charge on any atom is -0.494 e. The SMILES string of the molecule is CCCCCCCN(CCCCOc1ccc(C(=O)O)cc1)c1nc2ccccc2o1. The number of unbranched alkanes of at least 4 members (excludes halogenated alkanes) is 5. The van der Waals surface area contributed by atoms with Gasteiger partial charge in [0.15, 0.2) is 5.58 Å². The van der Waals surface area contributed by atoms with Crippen molar-refractivity contribution in [1.82, 2.24) is 4.98 Å². The van der Waals surface area contributed by atoms with Gasteiger partial charge in [-0.2, -0.15) is 4.98 Å². The number of fused-ring (bicyclic) bond motifs is 1. The molecule has 0 amide bonds. The molecule has 3 aromatic rings. The lowest BCUT2D eigenvalue weighted by atomic mass is 10.1. The van der Waals surface area contributed by atoms with E-state index >= 15 is 0 Å². The van der Waals surface area contributed by atoms with Crippen molar-refractivity contribution in [2.75, 3.05) is 24.6 Å². The molecule has 0 aliphatic rings. The molecule has 0 fully saturated rings. The number of carbonyl (C=O) groups is 1. The van der Waals surface area contributed by atoms with Crippen LogP contribution >= 0.6 is 0 Å². The third-order valence-electron chi connectivity index (χ3n) is 5.28. The first-order chi connectivity index (χ1) is 15.2. The van der Waals surface area contributed by atoms with Gasteiger partial charge in [0.05, 0.1) is 12.2 Å². The highest BCUT2D eigenvalue weighted by atomic mass is 16.5. The van der Waals surface area contributed by atoms with E-state index in [0.717, 1.165) is 43.5 Å². The van der Waals surface area contributed by atoms with E-state index in [4.69, 9.17) is 14.3 Å². The van der Waals surface area contributed by atoms with E-state index in [1.165, 1.54) is 25.7 Å². The number of rotatable bonds is 14. The molecule has 0 bridgehead atoms. The van der Waals surface area contributed by atoms with Gasteiger partial charge in [-0.05, 0) is 55.7 Å². The number of aromatic carboxylic acids is 1. The van der Waals surface area contributed by atoms with E-state index in [1.807, 2.05) is 24.3 Å². The molecule has 0 saturated heterocycles. The third kappa shape index (κ3) is 7.02.